The van der Waals surface area contributed by atoms with Gasteiger partial charge >= 0.3 is 23.9 Å². The van der Waals surface area contributed by atoms with Gasteiger partial charge in [0, 0.05) is 32.1 Å². The summed E-state index contributed by atoms with van der Waals surface area (Å²) in [6.07, 6.45) is -7.12. The lowest BCUT2D eigenvalue weighted by Crippen LogP contribution is -2.82. The summed E-state index contributed by atoms with van der Waals surface area (Å²) in [5.74, 6) is -7.07. The van der Waals surface area contributed by atoms with E-state index in [-0.39, 0.29) is 47.0 Å². The zero-order valence-corrected chi connectivity index (χ0v) is 35.9. The summed E-state index contributed by atoms with van der Waals surface area (Å²) < 4.78 is 46.5. The molecule has 336 valence electrons. The van der Waals surface area contributed by atoms with E-state index in [4.69, 9.17) is 37.6 Å². The first-order chi connectivity index (χ1) is 29.1. The maximum Gasteiger partial charge on any atom is 0.342 e. The van der Waals surface area contributed by atoms with Crippen molar-refractivity contribution in [3.63, 3.8) is 0 Å². The van der Waals surface area contributed by atoms with Gasteiger partial charge in [0.25, 0.3) is 0 Å². The minimum absolute atomic E-state index is 0.000378. The fourth-order valence-corrected chi connectivity index (χ4v) is 9.88. The number of esters is 4. The van der Waals surface area contributed by atoms with E-state index in [1.807, 2.05) is 0 Å². The molecule has 4 aliphatic rings. The van der Waals surface area contributed by atoms with Crippen LogP contribution in [0.25, 0.3) is 0 Å². The fraction of sp³-hybridized carbons (Fsp3) is 0.545. The number of amides is 1. The van der Waals surface area contributed by atoms with Gasteiger partial charge in [-0.3, -0.25) is 19.2 Å². The van der Waals surface area contributed by atoms with E-state index < -0.39 is 113 Å². The van der Waals surface area contributed by atoms with Gasteiger partial charge in [0.1, 0.15) is 52.8 Å². The van der Waals surface area contributed by atoms with Crippen LogP contribution >= 0.6 is 0 Å². The Morgan fingerprint density at radius 1 is 1.00 bits per heavy atom. The monoisotopic (exact) mass is 867 g/mol. The van der Waals surface area contributed by atoms with Crippen LogP contribution < -0.4 is 14.8 Å². The number of nitrogens with one attached hydrogen (secondary N) is 1. The van der Waals surface area contributed by atoms with Crippen LogP contribution in [0.15, 0.2) is 64.3 Å². The third kappa shape index (κ3) is 7.45. The number of benzene rings is 1. The predicted molar refractivity (Wildman–Crippen MR) is 212 cm³/mol. The highest BCUT2D eigenvalue weighted by atomic mass is 16.6. The van der Waals surface area contributed by atoms with Gasteiger partial charge in [0.15, 0.2) is 23.6 Å². The molecule has 3 fully saturated rings. The summed E-state index contributed by atoms with van der Waals surface area (Å²) in [7, 11) is 2.69. The number of carbonyl (C=O) groups is 6. The molecule has 0 spiro atoms. The van der Waals surface area contributed by atoms with Crippen molar-refractivity contribution in [1.29, 1.82) is 0 Å². The van der Waals surface area contributed by atoms with E-state index in [1.165, 1.54) is 90.7 Å². The molecule has 4 N–H and O–H groups in total. The molecule has 1 aromatic heterocycles. The van der Waals surface area contributed by atoms with E-state index >= 15 is 4.79 Å². The SMILES string of the molecule is C/C=C/C(=O)N[C@@H](c1ccco1)[C@@H](O)C(=O)O[C@H]1C[C@@]2(O)[C@@H](OC(=O)c3cc(OC)ccc3OC)[C@@H]3[C@]4(OC(C)=O)CO[C@@H]4C[C@H](O)[C@@]3(C)C(=O)[C@H](OC(C)=O)C(=C1C)C2(C)C. The summed E-state index contributed by atoms with van der Waals surface area (Å²) in [6, 6.07) is 5.76. The molecule has 2 heterocycles. The lowest BCUT2D eigenvalue weighted by Gasteiger charge is -2.67. The molecule has 18 heteroatoms. The zero-order chi connectivity index (χ0) is 45.7. The molecule has 2 saturated carbocycles. The van der Waals surface area contributed by atoms with E-state index in [9.17, 15) is 39.3 Å². The Labute approximate surface area is 357 Å². The second kappa shape index (κ2) is 17.0. The maximum atomic E-state index is 15.5. The van der Waals surface area contributed by atoms with Crippen molar-refractivity contribution in [1.82, 2.24) is 5.32 Å². The summed E-state index contributed by atoms with van der Waals surface area (Å²) >= 11 is 0. The van der Waals surface area contributed by atoms with E-state index in [2.05, 4.69) is 5.32 Å². The number of ketones is 1. The highest BCUT2D eigenvalue weighted by molar-refractivity contribution is 5.96. The number of furan rings is 1. The van der Waals surface area contributed by atoms with Crippen LogP contribution in [0, 0.1) is 16.7 Å². The highest BCUT2D eigenvalue weighted by Crippen LogP contribution is 2.64. The molecule has 1 aromatic carbocycles. The van der Waals surface area contributed by atoms with Crippen molar-refractivity contribution in [2.45, 2.75) is 115 Å². The van der Waals surface area contributed by atoms with Gasteiger partial charge in [-0.2, -0.15) is 0 Å². The quantitative estimate of drug-likeness (QED) is 0.104. The van der Waals surface area contributed by atoms with Crippen molar-refractivity contribution >= 4 is 35.6 Å². The number of Topliss-reactive ketones (excluding diaryl/α,β-unsaturated/α-hetero) is 1. The van der Waals surface area contributed by atoms with Crippen LogP contribution in [0.4, 0.5) is 0 Å². The number of hydrogen-bond acceptors (Lipinski definition) is 17. The van der Waals surface area contributed by atoms with Crippen LogP contribution in [-0.2, 0) is 47.7 Å². The molecule has 3 aliphatic carbocycles. The third-order valence-electron chi connectivity index (χ3n) is 13.1. The Hall–Kier alpha value is -5.56. The lowest BCUT2D eigenvalue weighted by molar-refractivity contribution is -0.346. The Kier molecular flexibility index (Phi) is 12.6. The molecule has 1 amide bonds. The number of fused-ring (bicyclic) bond motifs is 5. The summed E-state index contributed by atoms with van der Waals surface area (Å²) in [5.41, 5.74) is -8.26. The topological polar surface area (TPSA) is 253 Å². The van der Waals surface area contributed by atoms with Gasteiger partial charge in [-0.05, 0) is 68.3 Å². The second-order valence-corrected chi connectivity index (χ2v) is 16.8. The largest absolute Gasteiger partial charge is 0.497 e. The van der Waals surface area contributed by atoms with Gasteiger partial charge in [0.05, 0.1) is 44.5 Å². The number of hydrogen-bond donors (Lipinski definition) is 4. The van der Waals surface area contributed by atoms with E-state index in [0.29, 0.717) is 0 Å². The molecule has 0 radical (unpaired) electrons. The van der Waals surface area contributed by atoms with Gasteiger partial charge < -0.3 is 58.2 Å². The molecular formula is C44H53NO17. The fourth-order valence-electron chi connectivity index (χ4n) is 9.88. The molecule has 2 bridgehead atoms. The van der Waals surface area contributed by atoms with Crippen molar-refractivity contribution in [3.05, 3.63) is 71.2 Å². The van der Waals surface area contributed by atoms with E-state index in [1.54, 1.807) is 6.92 Å². The molecule has 11 atom stereocenters. The first kappa shape index (κ1) is 46.0. The second-order valence-electron chi connectivity index (χ2n) is 16.8. The molecule has 1 saturated heterocycles. The number of ether oxygens (including phenoxy) is 7. The Bertz CT molecular complexity index is 2180. The molecule has 6 rings (SSSR count). The van der Waals surface area contributed by atoms with Gasteiger partial charge in [0.2, 0.25) is 5.91 Å². The zero-order valence-electron chi connectivity index (χ0n) is 35.9. The average molecular weight is 868 g/mol. The number of rotatable bonds is 12. The predicted octanol–water partition coefficient (Wildman–Crippen LogP) is 2.61. The van der Waals surface area contributed by atoms with Crippen molar-refractivity contribution in [3.8, 4) is 11.5 Å². The van der Waals surface area contributed by atoms with Gasteiger partial charge in [-0.1, -0.05) is 19.9 Å². The molecule has 0 unspecified atom stereocenters. The first-order valence-corrected chi connectivity index (χ1v) is 20.0. The van der Waals surface area contributed by atoms with Crippen LogP contribution in [0.2, 0.25) is 0 Å². The normalized spacial score (nSPS) is 32.0. The summed E-state index contributed by atoms with van der Waals surface area (Å²) in [6.45, 7) is 9.32. The number of carbonyl (C=O) groups excluding carboxylic acids is 6. The maximum absolute atomic E-state index is 15.5. The number of aliphatic hydroxyl groups excluding tert-OH is 2. The van der Waals surface area contributed by atoms with Crippen molar-refractivity contribution in [2.75, 3.05) is 20.8 Å². The van der Waals surface area contributed by atoms with E-state index in [0.717, 1.165) is 13.8 Å². The summed E-state index contributed by atoms with van der Waals surface area (Å²) in [4.78, 5) is 83.0. The molecule has 1 aliphatic heterocycles. The first-order valence-electron chi connectivity index (χ1n) is 20.0. The molecular weight excluding hydrogens is 814 g/mol. The van der Waals surface area contributed by atoms with Crippen LogP contribution in [-0.4, -0.2) is 120 Å². The minimum atomic E-state index is -2.48. The molecule has 62 heavy (non-hydrogen) atoms. The number of methoxy groups -OCH3 is 2. The van der Waals surface area contributed by atoms with Gasteiger partial charge in [-0.25, -0.2) is 9.59 Å². The standard InChI is InChI=1S/C44H53NO17/c1-10-12-31(49)45-33(27-13-11-16-57-27)34(50)40(53)60-28-19-44(54)38(61-39(52)25-17-24(55-8)14-15-26(25)56-9)36-42(7,29(48)18-30-43(36,20-58-30)62-23(4)47)37(51)35(59-22(3)46)32(21(28)2)41(44,5)6/h10-17,28-30,33-36,38,48,50,54H,18-20H2,1-9H3,(H,45,49)/b12-10+/t28-,29-,30+,33-,34+,35+,36-,38-,42+,43-,44+/m0/s1. The average Bonchev–Trinajstić information content (AvgIpc) is 3.75. The number of aliphatic hydroxyl groups is 3. The van der Waals surface area contributed by atoms with Crippen LogP contribution in [0.5, 0.6) is 11.5 Å². The smallest absolute Gasteiger partial charge is 0.342 e. The van der Waals surface area contributed by atoms with Crippen LogP contribution in [0.3, 0.4) is 0 Å². The Balaban J connectivity index is 1.59. The minimum Gasteiger partial charge on any atom is -0.497 e. The van der Waals surface area contributed by atoms with Crippen LogP contribution in [0.1, 0.15) is 83.5 Å². The summed E-state index contributed by atoms with van der Waals surface area (Å²) in [5, 5.41) is 39.8. The Morgan fingerprint density at radius 3 is 2.27 bits per heavy atom. The third-order valence-corrected chi connectivity index (χ3v) is 13.1. The molecule has 18 nitrogen and oxygen atoms in total. The molecule has 2 aromatic rings. The Morgan fingerprint density at radius 2 is 1.71 bits per heavy atom. The van der Waals surface area contributed by atoms with Crippen molar-refractivity contribution in [2.24, 2.45) is 16.7 Å². The lowest BCUT2D eigenvalue weighted by atomic mass is 9.44. The number of allylic oxidation sites excluding steroid dienone is 1. The highest BCUT2D eigenvalue weighted by Gasteiger charge is 2.78. The van der Waals surface area contributed by atoms with Crippen molar-refractivity contribution < 1.29 is 81.7 Å². The van der Waals surface area contributed by atoms with Gasteiger partial charge in [-0.15, -0.1) is 0 Å².